The van der Waals surface area contributed by atoms with Crippen molar-refractivity contribution < 1.29 is 10.2 Å². The molecule has 1 fully saturated rings. The van der Waals surface area contributed by atoms with Crippen molar-refractivity contribution in [3.8, 4) is 0 Å². The summed E-state index contributed by atoms with van der Waals surface area (Å²) < 4.78 is 0. The van der Waals surface area contributed by atoms with Crippen molar-refractivity contribution in [2.24, 2.45) is 11.8 Å². The minimum atomic E-state index is -0.605. The van der Waals surface area contributed by atoms with E-state index in [-0.39, 0.29) is 22.7 Å². The summed E-state index contributed by atoms with van der Waals surface area (Å²) in [7, 11) is 0. The molecule has 2 N–H and O–H groups in total. The Balaban J connectivity index is 1.46. The zero-order valence-electron chi connectivity index (χ0n) is 21.3. The first-order valence-corrected chi connectivity index (χ1v) is 12.7. The minimum absolute atomic E-state index is 0.163. The molecule has 1 aliphatic carbocycles. The lowest BCUT2D eigenvalue weighted by Crippen LogP contribution is -2.54. The molecule has 0 aromatic heterocycles. The fraction of sp³-hybridized carbons (Fsp3) is 0.467. The standard InChI is InChI=1S/C30H38N2O2/c1-7-31-23-15-11-9-13-21(23)29(3,4)25(31)17-19-27(33)20(28(19)34)18-26-30(5,6)22-14-10-12-16-24(22)32(26)8-2/h9-20,27-28,33-34H,7-8H2,1-6H3. The number of hydrogen-bond donors (Lipinski definition) is 2. The molecule has 0 spiro atoms. The first-order valence-electron chi connectivity index (χ1n) is 12.7. The van der Waals surface area contributed by atoms with Gasteiger partial charge in [0.2, 0.25) is 0 Å². The van der Waals surface area contributed by atoms with Gasteiger partial charge in [-0.25, -0.2) is 0 Å². The lowest BCUT2D eigenvalue weighted by molar-refractivity contribution is -0.111. The Morgan fingerprint density at radius 2 is 1.03 bits per heavy atom. The van der Waals surface area contributed by atoms with Crippen LogP contribution in [0.5, 0.6) is 0 Å². The average Bonchev–Trinajstić information content (AvgIpc) is 3.19. The summed E-state index contributed by atoms with van der Waals surface area (Å²) in [5.74, 6) is -0.553. The molecule has 0 bridgehead atoms. The molecule has 3 aliphatic rings. The van der Waals surface area contributed by atoms with E-state index < -0.39 is 12.2 Å². The summed E-state index contributed by atoms with van der Waals surface area (Å²) in [6.07, 6.45) is 3.07. The number of aliphatic hydroxyl groups is 2. The summed E-state index contributed by atoms with van der Waals surface area (Å²) in [5.41, 5.74) is 7.08. The third-order valence-corrected chi connectivity index (χ3v) is 8.51. The Bertz CT molecular complexity index is 1060. The first kappa shape index (κ1) is 23.2. The fourth-order valence-electron chi connectivity index (χ4n) is 6.49. The summed E-state index contributed by atoms with van der Waals surface area (Å²) in [6.45, 7) is 15.0. The van der Waals surface area contributed by atoms with Crippen LogP contribution in [0.2, 0.25) is 0 Å². The van der Waals surface area contributed by atoms with E-state index in [2.05, 4.69) is 112 Å². The number of benzene rings is 2. The molecule has 2 aromatic carbocycles. The van der Waals surface area contributed by atoms with E-state index in [1.54, 1.807) is 0 Å². The number of hydrogen-bond acceptors (Lipinski definition) is 4. The van der Waals surface area contributed by atoms with E-state index in [1.165, 1.54) is 33.9 Å². The molecule has 0 saturated heterocycles. The van der Waals surface area contributed by atoms with Crippen LogP contribution in [0.4, 0.5) is 11.4 Å². The van der Waals surface area contributed by atoms with E-state index in [0.29, 0.717) is 0 Å². The van der Waals surface area contributed by atoms with Gasteiger partial charge in [-0.05, 0) is 37.1 Å². The minimum Gasteiger partial charge on any atom is -0.392 e. The molecular formula is C30H38N2O2. The second kappa shape index (κ2) is 8.00. The number of rotatable bonds is 4. The molecule has 0 unspecified atom stereocenters. The van der Waals surface area contributed by atoms with Crippen LogP contribution in [-0.2, 0) is 10.8 Å². The molecule has 4 heteroatoms. The van der Waals surface area contributed by atoms with Crippen LogP contribution in [0, 0.1) is 11.8 Å². The summed E-state index contributed by atoms with van der Waals surface area (Å²) in [4.78, 5) is 4.66. The van der Waals surface area contributed by atoms with Crippen LogP contribution in [0.15, 0.2) is 72.1 Å². The SMILES string of the molecule is CCN1C(=CC2C(O)C(C=C3N(CC)c4ccccc4C3(C)C)C2O)C(C)(C)c2ccccc21. The van der Waals surface area contributed by atoms with Crippen LogP contribution in [-0.4, -0.2) is 35.5 Å². The molecule has 4 nitrogen and oxygen atoms in total. The van der Waals surface area contributed by atoms with Crippen molar-refractivity contribution in [1.82, 2.24) is 0 Å². The quantitative estimate of drug-likeness (QED) is 0.648. The maximum atomic E-state index is 11.3. The van der Waals surface area contributed by atoms with Gasteiger partial charge in [0.05, 0.1) is 12.2 Å². The molecule has 2 aromatic rings. The van der Waals surface area contributed by atoms with Gasteiger partial charge < -0.3 is 20.0 Å². The second-order valence-corrected chi connectivity index (χ2v) is 11.0. The molecule has 34 heavy (non-hydrogen) atoms. The van der Waals surface area contributed by atoms with E-state index in [4.69, 9.17) is 0 Å². The number of anilines is 2. The fourth-order valence-corrected chi connectivity index (χ4v) is 6.49. The van der Waals surface area contributed by atoms with Gasteiger partial charge in [-0.2, -0.15) is 0 Å². The van der Waals surface area contributed by atoms with Crippen molar-refractivity contribution in [2.45, 2.75) is 64.6 Å². The normalized spacial score (nSPS) is 31.1. The lowest BCUT2D eigenvalue weighted by atomic mass is 9.66. The maximum absolute atomic E-state index is 11.3. The summed E-state index contributed by atoms with van der Waals surface area (Å²) in [6, 6.07) is 17.1. The van der Waals surface area contributed by atoms with Crippen LogP contribution in [0.3, 0.4) is 0 Å². The monoisotopic (exact) mass is 458 g/mol. The predicted molar refractivity (Wildman–Crippen MR) is 140 cm³/mol. The van der Waals surface area contributed by atoms with Crippen LogP contribution < -0.4 is 9.80 Å². The van der Waals surface area contributed by atoms with Gasteiger partial charge in [0.1, 0.15) is 0 Å². The Morgan fingerprint density at radius 3 is 1.38 bits per heavy atom. The van der Waals surface area contributed by atoms with Gasteiger partial charge >= 0.3 is 0 Å². The van der Waals surface area contributed by atoms with Crippen molar-refractivity contribution in [3.05, 3.63) is 83.2 Å². The molecule has 0 atom stereocenters. The highest BCUT2D eigenvalue weighted by molar-refractivity contribution is 5.71. The lowest BCUT2D eigenvalue weighted by Gasteiger charge is -2.46. The van der Waals surface area contributed by atoms with E-state index in [0.717, 1.165) is 13.1 Å². The topological polar surface area (TPSA) is 46.9 Å². The molecule has 5 rings (SSSR count). The molecule has 0 amide bonds. The number of nitrogens with zero attached hydrogens (tertiary/aromatic N) is 2. The van der Waals surface area contributed by atoms with Gasteiger partial charge in [0.25, 0.3) is 0 Å². The highest BCUT2D eigenvalue weighted by atomic mass is 16.3. The van der Waals surface area contributed by atoms with Gasteiger partial charge in [-0.1, -0.05) is 76.2 Å². The second-order valence-electron chi connectivity index (χ2n) is 11.0. The number of para-hydroxylation sites is 2. The summed E-state index contributed by atoms with van der Waals surface area (Å²) in [5, 5.41) is 22.5. The molecule has 2 aliphatic heterocycles. The highest BCUT2D eigenvalue weighted by Crippen LogP contribution is 2.52. The maximum Gasteiger partial charge on any atom is 0.0716 e. The number of allylic oxidation sites excluding steroid dienone is 2. The van der Waals surface area contributed by atoms with E-state index in [1.807, 2.05) is 0 Å². The zero-order valence-corrected chi connectivity index (χ0v) is 21.3. The van der Waals surface area contributed by atoms with Crippen LogP contribution in [0.1, 0.15) is 52.7 Å². The van der Waals surface area contributed by atoms with Crippen LogP contribution >= 0.6 is 0 Å². The third kappa shape index (κ3) is 3.11. The van der Waals surface area contributed by atoms with E-state index in [9.17, 15) is 10.2 Å². The zero-order chi connectivity index (χ0) is 24.4. The first-order chi connectivity index (χ1) is 16.1. The highest BCUT2D eigenvalue weighted by Gasteiger charge is 2.50. The smallest absolute Gasteiger partial charge is 0.0716 e. The van der Waals surface area contributed by atoms with Gasteiger partial charge in [0, 0.05) is 58.5 Å². The molecule has 2 heterocycles. The molecule has 180 valence electrons. The Hall–Kier alpha value is -2.56. The third-order valence-electron chi connectivity index (χ3n) is 8.51. The van der Waals surface area contributed by atoms with Crippen molar-refractivity contribution >= 4 is 11.4 Å². The van der Waals surface area contributed by atoms with Gasteiger partial charge in [-0.15, -0.1) is 0 Å². The molecular weight excluding hydrogens is 420 g/mol. The number of aliphatic hydroxyl groups excluding tert-OH is 2. The molecule has 0 radical (unpaired) electrons. The summed E-state index contributed by atoms with van der Waals surface area (Å²) >= 11 is 0. The Morgan fingerprint density at radius 1 is 0.676 bits per heavy atom. The van der Waals surface area contributed by atoms with E-state index >= 15 is 0 Å². The Labute approximate surface area is 204 Å². The Kier molecular flexibility index (Phi) is 5.46. The molecule has 1 saturated carbocycles. The van der Waals surface area contributed by atoms with Crippen molar-refractivity contribution in [2.75, 3.05) is 22.9 Å². The number of likely N-dealkylation sites (N-methyl/N-ethyl adjacent to an activating group) is 2. The van der Waals surface area contributed by atoms with Crippen LogP contribution in [0.25, 0.3) is 0 Å². The largest absolute Gasteiger partial charge is 0.392 e. The predicted octanol–water partition coefficient (Wildman–Crippen LogP) is 5.36. The van der Waals surface area contributed by atoms with Gasteiger partial charge in [0.15, 0.2) is 0 Å². The van der Waals surface area contributed by atoms with Crippen molar-refractivity contribution in [3.63, 3.8) is 0 Å². The number of fused-ring (bicyclic) bond motifs is 2. The van der Waals surface area contributed by atoms with Gasteiger partial charge in [-0.3, -0.25) is 0 Å². The average molecular weight is 459 g/mol. The van der Waals surface area contributed by atoms with Crippen molar-refractivity contribution in [1.29, 1.82) is 0 Å².